The number of hydrogen-bond acceptors (Lipinski definition) is 4. The molecule has 0 bridgehead atoms. The summed E-state index contributed by atoms with van der Waals surface area (Å²) >= 11 is 1.59. The Morgan fingerprint density at radius 3 is 2.65 bits per heavy atom. The number of thiophene rings is 1. The van der Waals surface area contributed by atoms with Crippen molar-refractivity contribution >= 4 is 34.7 Å². The number of fused-ring (bicyclic) bond motifs is 1. The van der Waals surface area contributed by atoms with Gasteiger partial charge in [-0.2, -0.15) is 0 Å². The summed E-state index contributed by atoms with van der Waals surface area (Å²) in [7, 11) is 7.83. The van der Waals surface area contributed by atoms with E-state index in [-0.39, 0.29) is 0 Å². The van der Waals surface area contributed by atoms with Gasteiger partial charge >= 0.3 is 0 Å². The van der Waals surface area contributed by atoms with Gasteiger partial charge in [0.2, 0.25) is 0 Å². The Labute approximate surface area is 160 Å². The van der Waals surface area contributed by atoms with Gasteiger partial charge in [0.25, 0.3) is 0 Å². The maximum atomic E-state index is 11.0. The molecule has 1 N–H and O–H groups in total. The smallest absolute Gasteiger partial charge is 0.163 e. The summed E-state index contributed by atoms with van der Waals surface area (Å²) < 4.78 is 12.6. The van der Waals surface area contributed by atoms with Crippen molar-refractivity contribution in [2.75, 3.05) is 13.7 Å². The third kappa shape index (κ3) is 3.60. The zero-order valence-electron chi connectivity index (χ0n) is 15.4. The molecule has 3 aromatic rings. The number of aliphatic hydroxyl groups is 1. The Bertz CT molecular complexity index is 871. The van der Waals surface area contributed by atoms with Crippen LogP contribution in [0.4, 0.5) is 0 Å². The van der Waals surface area contributed by atoms with E-state index in [4.69, 9.17) is 17.3 Å². The van der Waals surface area contributed by atoms with E-state index in [0.29, 0.717) is 23.6 Å². The Hall–Kier alpha value is -1.98. The Morgan fingerprint density at radius 1 is 1.19 bits per heavy atom. The SMILES string of the molecule is [B]c1cc(C(O)c2cc3ccccc3s2)c(C)c(OC)c1OCCCC. The summed E-state index contributed by atoms with van der Waals surface area (Å²) in [5.41, 5.74) is 2.07. The minimum absolute atomic E-state index is 0.485. The Kier molecular flexibility index (Phi) is 5.89. The van der Waals surface area contributed by atoms with Gasteiger partial charge < -0.3 is 14.6 Å². The molecular formula is C21H23BO3S. The fourth-order valence-electron chi connectivity index (χ4n) is 3.06. The largest absolute Gasteiger partial charge is 0.493 e. The third-order valence-corrected chi connectivity index (χ3v) is 5.68. The fraction of sp³-hybridized carbons (Fsp3) is 0.333. The summed E-state index contributed by atoms with van der Waals surface area (Å²) in [6.07, 6.45) is 1.24. The quantitative estimate of drug-likeness (QED) is 0.501. The van der Waals surface area contributed by atoms with Crippen LogP contribution in [0.25, 0.3) is 10.1 Å². The molecule has 0 spiro atoms. The topological polar surface area (TPSA) is 38.7 Å². The molecule has 0 saturated heterocycles. The van der Waals surface area contributed by atoms with Crippen molar-refractivity contribution in [3.63, 3.8) is 0 Å². The lowest BCUT2D eigenvalue weighted by molar-refractivity contribution is 0.222. The van der Waals surface area contributed by atoms with Gasteiger partial charge in [-0.1, -0.05) is 43.1 Å². The van der Waals surface area contributed by atoms with E-state index in [1.165, 1.54) is 0 Å². The van der Waals surface area contributed by atoms with E-state index in [9.17, 15) is 5.11 Å². The van der Waals surface area contributed by atoms with E-state index in [0.717, 1.165) is 38.9 Å². The van der Waals surface area contributed by atoms with Crippen molar-refractivity contribution in [3.8, 4) is 11.5 Å². The lowest BCUT2D eigenvalue weighted by Crippen LogP contribution is -2.16. The first-order valence-electron chi connectivity index (χ1n) is 8.83. The summed E-state index contributed by atoms with van der Waals surface area (Å²) in [5.74, 6) is 1.15. The van der Waals surface area contributed by atoms with E-state index in [2.05, 4.69) is 19.1 Å². The Morgan fingerprint density at radius 2 is 1.96 bits per heavy atom. The second kappa shape index (κ2) is 8.15. The van der Waals surface area contributed by atoms with Gasteiger partial charge in [-0.3, -0.25) is 0 Å². The van der Waals surface area contributed by atoms with Gasteiger partial charge in [0.15, 0.2) is 11.5 Å². The number of rotatable bonds is 7. The molecule has 26 heavy (non-hydrogen) atoms. The molecule has 134 valence electrons. The number of aliphatic hydroxyl groups excluding tert-OH is 1. The van der Waals surface area contributed by atoms with Crippen molar-refractivity contribution in [3.05, 3.63) is 52.4 Å². The lowest BCUT2D eigenvalue weighted by atomic mass is 9.88. The first-order valence-corrected chi connectivity index (χ1v) is 9.64. The summed E-state index contributed by atoms with van der Waals surface area (Å²) in [4.78, 5) is 0.885. The number of hydrogen-bond donors (Lipinski definition) is 1. The number of unbranched alkanes of at least 4 members (excludes halogenated alkanes) is 1. The highest BCUT2D eigenvalue weighted by molar-refractivity contribution is 7.19. The molecule has 2 radical (unpaired) electrons. The highest BCUT2D eigenvalue weighted by atomic mass is 32.1. The molecule has 0 aliphatic carbocycles. The van der Waals surface area contributed by atoms with E-state index >= 15 is 0 Å². The molecule has 0 saturated carbocycles. The maximum absolute atomic E-state index is 11.0. The first-order chi connectivity index (χ1) is 12.6. The predicted octanol–water partition coefficient (Wildman–Crippen LogP) is 4.27. The molecule has 1 aromatic heterocycles. The predicted molar refractivity (Wildman–Crippen MR) is 109 cm³/mol. The van der Waals surface area contributed by atoms with Crippen molar-refractivity contribution in [1.29, 1.82) is 0 Å². The van der Waals surface area contributed by atoms with Gasteiger partial charge in [-0.05, 0) is 36.4 Å². The van der Waals surface area contributed by atoms with Crippen LogP contribution in [-0.4, -0.2) is 26.7 Å². The van der Waals surface area contributed by atoms with Crippen LogP contribution >= 0.6 is 11.3 Å². The zero-order valence-corrected chi connectivity index (χ0v) is 16.2. The molecule has 2 aromatic carbocycles. The number of benzene rings is 2. The second-order valence-electron chi connectivity index (χ2n) is 6.33. The molecule has 0 aliphatic heterocycles. The molecule has 0 fully saturated rings. The zero-order chi connectivity index (χ0) is 18.7. The average molecular weight is 366 g/mol. The van der Waals surface area contributed by atoms with E-state index in [1.807, 2.05) is 25.1 Å². The highest BCUT2D eigenvalue weighted by Gasteiger charge is 2.22. The Balaban J connectivity index is 1.99. The van der Waals surface area contributed by atoms with Crippen molar-refractivity contribution < 1.29 is 14.6 Å². The minimum atomic E-state index is -0.756. The monoisotopic (exact) mass is 366 g/mol. The fourth-order valence-corrected chi connectivity index (χ4v) is 4.13. The van der Waals surface area contributed by atoms with Crippen LogP contribution in [-0.2, 0) is 0 Å². The average Bonchev–Trinajstić information content (AvgIpc) is 3.08. The maximum Gasteiger partial charge on any atom is 0.163 e. The molecule has 3 nitrogen and oxygen atoms in total. The van der Waals surface area contributed by atoms with Crippen LogP contribution < -0.4 is 14.9 Å². The molecule has 0 aliphatic rings. The van der Waals surface area contributed by atoms with Crippen LogP contribution in [0.5, 0.6) is 11.5 Å². The number of methoxy groups -OCH3 is 1. The standard InChI is InChI=1S/C21H23BO3S/c1-4-5-10-25-21-16(22)12-15(13(2)20(21)24-3)19(23)18-11-14-8-6-7-9-17(14)26-18/h6-9,11-12,19,23H,4-5,10H2,1-3H3. The molecular weight excluding hydrogens is 343 g/mol. The van der Waals surface area contributed by atoms with Crippen molar-refractivity contribution in [2.24, 2.45) is 0 Å². The van der Waals surface area contributed by atoms with Gasteiger partial charge in [0.1, 0.15) is 14.0 Å². The van der Waals surface area contributed by atoms with Crippen LogP contribution in [0.2, 0.25) is 0 Å². The van der Waals surface area contributed by atoms with Crippen molar-refractivity contribution in [1.82, 2.24) is 0 Å². The molecule has 1 atom stereocenters. The second-order valence-corrected chi connectivity index (χ2v) is 7.45. The van der Waals surface area contributed by atoms with E-state index < -0.39 is 6.10 Å². The minimum Gasteiger partial charge on any atom is -0.493 e. The lowest BCUT2D eigenvalue weighted by Gasteiger charge is -2.21. The van der Waals surface area contributed by atoms with Gasteiger partial charge in [-0.25, -0.2) is 0 Å². The molecule has 1 unspecified atom stereocenters. The van der Waals surface area contributed by atoms with E-state index in [1.54, 1.807) is 24.5 Å². The molecule has 3 rings (SSSR count). The van der Waals surface area contributed by atoms with Crippen LogP contribution in [0, 0.1) is 6.92 Å². The first kappa shape index (κ1) is 18.8. The highest BCUT2D eigenvalue weighted by Crippen LogP contribution is 2.38. The van der Waals surface area contributed by atoms with Gasteiger partial charge in [0.05, 0.1) is 13.7 Å². The summed E-state index contributed by atoms with van der Waals surface area (Å²) in [6, 6.07) is 11.9. The molecule has 1 heterocycles. The van der Waals surface area contributed by atoms with Crippen molar-refractivity contribution in [2.45, 2.75) is 32.8 Å². The normalized spacial score (nSPS) is 12.3. The third-order valence-electron chi connectivity index (χ3n) is 4.51. The molecule has 5 heteroatoms. The molecule has 0 amide bonds. The summed E-state index contributed by atoms with van der Waals surface area (Å²) in [6.45, 7) is 4.63. The van der Waals surface area contributed by atoms with Crippen LogP contribution in [0.3, 0.4) is 0 Å². The van der Waals surface area contributed by atoms with Crippen LogP contribution in [0.15, 0.2) is 36.4 Å². The summed E-state index contributed by atoms with van der Waals surface area (Å²) in [5, 5.41) is 12.1. The number of ether oxygens (including phenoxy) is 2. The van der Waals surface area contributed by atoms with Gasteiger partial charge in [-0.15, -0.1) is 11.3 Å². The van der Waals surface area contributed by atoms with Crippen LogP contribution in [0.1, 0.15) is 41.9 Å². The van der Waals surface area contributed by atoms with Gasteiger partial charge in [0, 0.05) is 15.1 Å².